The lowest BCUT2D eigenvalue weighted by Gasteiger charge is -2.19. The van der Waals surface area contributed by atoms with Crippen LogP contribution in [0.3, 0.4) is 0 Å². The molecule has 0 aliphatic heterocycles. The summed E-state index contributed by atoms with van der Waals surface area (Å²) in [5.74, 6) is -0.878. The summed E-state index contributed by atoms with van der Waals surface area (Å²) in [6, 6.07) is 5.17. The van der Waals surface area contributed by atoms with E-state index < -0.39 is 5.97 Å². The lowest BCUT2D eigenvalue weighted by atomic mass is 10.2. The van der Waals surface area contributed by atoms with E-state index in [4.69, 9.17) is 28.3 Å². The zero-order chi connectivity index (χ0) is 12.8. The molecule has 0 unspecified atom stereocenters. The molecular weight excluding hydrogens is 261 g/mol. The highest BCUT2D eigenvalue weighted by atomic mass is 35.5. The minimum absolute atomic E-state index is 0.0506. The van der Waals surface area contributed by atoms with Gasteiger partial charge < -0.3 is 5.11 Å². The molecule has 0 aliphatic carbocycles. The van der Waals surface area contributed by atoms with Gasteiger partial charge in [-0.2, -0.15) is 0 Å². The fourth-order valence-corrected chi connectivity index (χ4v) is 1.92. The Morgan fingerprint density at radius 1 is 1.47 bits per heavy atom. The van der Waals surface area contributed by atoms with E-state index in [1.807, 2.05) is 0 Å². The molecular formula is C12H13Cl2NO2. The van der Waals surface area contributed by atoms with Crippen LogP contribution in [0, 0.1) is 0 Å². The Morgan fingerprint density at radius 2 is 2.18 bits per heavy atom. The van der Waals surface area contributed by atoms with Crippen molar-refractivity contribution in [3.63, 3.8) is 0 Å². The summed E-state index contributed by atoms with van der Waals surface area (Å²) < 4.78 is 0. The fraction of sp³-hybridized carbons (Fsp3) is 0.250. The van der Waals surface area contributed by atoms with Crippen molar-refractivity contribution in [1.82, 2.24) is 4.90 Å². The topological polar surface area (TPSA) is 40.5 Å². The van der Waals surface area contributed by atoms with Crippen LogP contribution in [0.25, 0.3) is 0 Å². The van der Waals surface area contributed by atoms with Crippen molar-refractivity contribution in [2.45, 2.75) is 6.54 Å². The Hall–Kier alpha value is -1.03. The van der Waals surface area contributed by atoms with Crippen molar-refractivity contribution in [3.05, 3.63) is 46.5 Å². The third-order valence-electron chi connectivity index (χ3n) is 2.16. The number of carboxylic acids is 1. The smallest absolute Gasteiger partial charge is 0.317 e. The number of nitrogens with zero attached hydrogens (tertiary/aromatic N) is 1. The van der Waals surface area contributed by atoms with Gasteiger partial charge in [0, 0.05) is 23.1 Å². The first kappa shape index (κ1) is 14.0. The van der Waals surface area contributed by atoms with E-state index in [2.05, 4.69) is 6.58 Å². The Morgan fingerprint density at radius 3 is 2.71 bits per heavy atom. The van der Waals surface area contributed by atoms with Gasteiger partial charge in [-0.3, -0.25) is 9.69 Å². The Labute approximate surface area is 110 Å². The molecule has 1 rings (SSSR count). The molecule has 0 bridgehead atoms. The van der Waals surface area contributed by atoms with Gasteiger partial charge in [0.05, 0.1) is 6.54 Å². The lowest BCUT2D eigenvalue weighted by molar-refractivity contribution is -0.138. The van der Waals surface area contributed by atoms with Crippen LogP contribution in [0.5, 0.6) is 0 Å². The van der Waals surface area contributed by atoms with Gasteiger partial charge in [-0.25, -0.2) is 0 Å². The van der Waals surface area contributed by atoms with Gasteiger partial charge in [-0.05, 0) is 17.7 Å². The number of carboxylic acid groups (broad SMARTS) is 1. The second-order valence-electron chi connectivity index (χ2n) is 3.59. The summed E-state index contributed by atoms with van der Waals surface area (Å²) in [4.78, 5) is 12.4. The van der Waals surface area contributed by atoms with Crippen molar-refractivity contribution in [2.24, 2.45) is 0 Å². The van der Waals surface area contributed by atoms with Crippen LogP contribution >= 0.6 is 23.2 Å². The van der Waals surface area contributed by atoms with Crippen molar-refractivity contribution < 1.29 is 9.90 Å². The highest BCUT2D eigenvalue weighted by Gasteiger charge is 2.10. The molecule has 17 heavy (non-hydrogen) atoms. The van der Waals surface area contributed by atoms with Crippen LogP contribution in [-0.2, 0) is 11.3 Å². The summed E-state index contributed by atoms with van der Waals surface area (Å²) in [7, 11) is 0. The van der Waals surface area contributed by atoms with Gasteiger partial charge in [0.1, 0.15) is 0 Å². The Bertz CT molecular complexity index is 421. The molecule has 1 aromatic rings. The summed E-state index contributed by atoms with van der Waals surface area (Å²) in [6.45, 7) is 4.49. The molecule has 0 aliphatic rings. The SMILES string of the molecule is C=CCN(CC(=O)O)Cc1ccc(Cl)cc1Cl. The van der Waals surface area contributed by atoms with Crippen molar-refractivity contribution >= 4 is 29.2 Å². The molecule has 0 fully saturated rings. The molecule has 3 nitrogen and oxygen atoms in total. The zero-order valence-corrected chi connectivity index (χ0v) is 10.7. The van der Waals surface area contributed by atoms with Crippen LogP contribution in [0.4, 0.5) is 0 Å². The molecule has 0 radical (unpaired) electrons. The number of rotatable bonds is 6. The number of halogens is 2. The molecule has 0 spiro atoms. The molecule has 0 saturated carbocycles. The third-order valence-corrected chi connectivity index (χ3v) is 2.74. The van der Waals surface area contributed by atoms with Gasteiger partial charge in [-0.15, -0.1) is 6.58 Å². The van der Waals surface area contributed by atoms with Gasteiger partial charge in [0.15, 0.2) is 0 Å². The molecule has 0 atom stereocenters. The van der Waals surface area contributed by atoms with E-state index in [1.54, 1.807) is 29.2 Å². The lowest BCUT2D eigenvalue weighted by Crippen LogP contribution is -2.29. The van der Waals surface area contributed by atoms with E-state index >= 15 is 0 Å². The maximum Gasteiger partial charge on any atom is 0.317 e. The van der Waals surface area contributed by atoms with Gasteiger partial charge in [-0.1, -0.05) is 35.3 Å². The van der Waals surface area contributed by atoms with Crippen molar-refractivity contribution in [3.8, 4) is 0 Å². The molecule has 0 heterocycles. The maximum absolute atomic E-state index is 10.7. The van der Waals surface area contributed by atoms with Crippen molar-refractivity contribution in [2.75, 3.05) is 13.1 Å². The van der Waals surface area contributed by atoms with Crippen molar-refractivity contribution in [1.29, 1.82) is 0 Å². The highest BCUT2D eigenvalue weighted by Crippen LogP contribution is 2.22. The van der Waals surface area contributed by atoms with Gasteiger partial charge >= 0.3 is 5.97 Å². The number of aliphatic carboxylic acids is 1. The second-order valence-corrected chi connectivity index (χ2v) is 4.43. The Kier molecular flexibility index (Phi) is 5.48. The van der Waals surface area contributed by atoms with E-state index in [0.29, 0.717) is 23.1 Å². The molecule has 1 N–H and O–H groups in total. The number of hydrogen-bond donors (Lipinski definition) is 1. The van der Waals surface area contributed by atoms with Crippen LogP contribution in [-0.4, -0.2) is 29.1 Å². The predicted molar refractivity (Wildman–Crippen MR) is 69.6 cm³/mol. The summed E-state index contributed by atoms with van der Waals surface area (Å²) >= 11 is 11.8. The van der Waals surface area contributed by atoms with Crippen LogP contribution in [0.1, 0.15) is 5.56 Å². The summed E-state index contributed by atoms with van der Waals surface area (Å²) in [5, 5.41) is 9.87. The first-order valence-electron chi connectivity index (χ1n) is 5.02. The van der Waals surface area contributed by atoms with Crippen LogP contribution < -0.4 is 0 Å². The molecule has 0 saturated heterocycles. The maximum atomic E-state index is 10.7. The summed E-state index contributed by atoms with van der Waals surface area (Å²) in [6.07, 6.45) is 1.66. The molecule has 92 valence electrons. The van der Waals surface area contributed by atoms with E-state index in [-0.39, 0.29) is 6.54 Å². The van der Waals surface area contributed by atoms with Gasteiger partial charge in [0.2, 0.25) is 0 Å². The first-order valence-corrected chi connectivity index (χ1v) is 5.77. The normalized spacial score (nSPS) is 10.5. The molecule has 5 heteroatoms. The van der Waals surface area contributed by atoms with E-state index in [0.717, 1.165) is 5.56 Å². The minimum atomic E-state index is -0.878. The molecule has 1 aromatic carbocycles. The Balaban J connectivity index is 2.77. The number of hydrogen-bond acceptors (Lipinski definition) is 2. The molecule has 0 aromatic heterocycles. The number of benzene rings is 1. The largest absolute Gasteiger partial charge is 0.480 e. The van der Waals surface area contributed by atoms with E-state index in [1.165, 1.54) is 0 Å². The van der Waals surface area contributed by atoms with Crippen LogP contribution in [0.15, 0.2) is 30.9 Å². The summed E-state index contributed by atoms with van der Waals surface area (Å²) in [5.41, 5.74) is 0.846. The zero-order valence-electron chi connectivity index (χ0n) is 9.20. The standard InChI is InChI=1S/C12H13Cl2NO2/c1-2-5-15(8-12(16)17)7-9-3-4-10(13)6-11(9)14/h2-4,6H,1,5,7-8H2,(H,16,17). The van der Waals surface area contributed by atoms with E-state index in [9.17, 15) is 4.79 Å². The average Bonchev–Trinajstić information content (AvgIpc) is 2.21. The van der Waals surface area contributed by atoms with Gasteiger partial charge in [0.25, 0.3) is 0 Å². The monoisotopic (exact) mass is 273 g/mol. The third kappa shape index (κ3) is 4.77. The van der Waals surface area contributed by atoms with Crippen LogP contribution in [0.2, 0.25) is 10.0 Å². The molecule has 0 amide bonds. The highest BCUT2D eigenvalue weighted by molar-refractivity contribution is 6.35. The quantitative estimate of drug-likeness (QED) is 0.810. The first-order chi connectivity index (χ1) is 8.02. The minimum Gasteiger partial charge on any atom is -0.480 e. The predicted octanol–water partition coefficient (Wildman–Crippen LogP) is 3.07. The average molecular weight is 274 g/mol. The fourth-order valence-electron chi connectivity index (χ4n) is 1.45. The number of carbonyl (C=O) groups is 1. The second kappa shape index (κ2) is 6.64.